The lowest BCUT2D eigenvalue weighted by molar-refractivity contribution is 1.28. The van der Waals surface area contributed by atoms with Gasteiger partial charge in [0.2, 0.25) is 0 Å². The van der Waals surface area contributed by atoms with Gasteiger partial charge >= 0.3 is 0 Å². The Balaban J connectivity index is 2.52. The summed E-state index contributed by atoms with van der Waals surface area (Å²) in [6.07, 6.45) is 0. The molecule has 2 rings (SSSR count). The zero-order valence-electron chi connectivity index (χ0n) is 13.0. The number of aryl methyl sites for hydroxylation is 4. The van der Waals surface area contributed by atoms with Crippen molar-refractivity contribution in [2.75, 3.05) is 5.50 Å². The average Bonchev–Trinajstić information content (AvgIpc) is 2.35. The monoisotopic (exact) mass is 302 g/mol. The standard InChI is InChI=1S/C18H23ClSi/c1-12-6-13(2)8-17(7-12)20(11-19)18-9-14(3)16(5)15(4)10-18/h6-10,20H,11H2,1-5H3. The first-order chi connectivity index (χ1) is 9.42. The average molecular weight is 303 g/mol. The van der Waals surface area contributed by atoms with Gasteiger partial charge in [0.1, 0.15) is 8.80 Å². The first-order valence-electron chi connectivity index (χ1n) is 7.14. The highest BCUT2D eigenvalue weighted by Gasteiger charge is 2.17. The Labute approximate surface area is 129 Å². The van der Waals surface area contributed by atoms with Crippen molar-refractivity contribution in [3.05, 3.63) is 58.1 Å². The Bertz CT molecular complexity index is 588. The maximum absolute atomic E-state index is 6.35. The quantitative estimate of drug-likeness (QED) is 0.602. The first kappa shape index (κ1) is 15.3. The summed E-state index contributed by atoms with van der Waals surface area (Å²) >= 11 is 6.35. The summed E-state index contributed by atoms with van der Waals surface area (Å²) in [6, 6.07) is 11.6. The predicted octanol–water partition coefficient (Wildman–Crippen LogP) is 3.35. The van der Waals surface area contributed by atoms with Gasteiger partial charge in [-0.15, -0.1) is 11.6 Å². The van der Waals surface area contributed by atoms with E-state index in [0.717, 1.165) is 5.50 Å². The molecule has 0 nitrogen and oxygen atoms in total. The molecule has 0 heterocycles. The highest BCUT2D eigenvalue weighted by molar-refractivity contribution is 6.89. The van der Waals surface area contributed by atoms with Crippen molar-refractivity contribution >= 4 is 30.8 Å². The van der Waals surface area contributed by atoms with Crippen LogP contribution in [-0.2, 0) is 0 Å². The van der Waals surface area contributed by atoms with E-state index in [1.54, 1.807) is 0 Å². The molecule has 0 aliphatic rings. The lowest BCUT2D eigenvalue weighted by Gasteiger charge is -2.18. The van der Waals surface area contributed by atoms with Gasteiger partial charge in [0.05, 0.1) is 0 Å². The fourth-order valence-electron chi connectivity index (χ4n) is 2.85. The van der Waals surface area contributed by atoms with Crippen LogP contribution in [0.25, 0.3) is 0 Å². The van der Waals surface area contributed by atoms with Crippen molar-refractivity contribution in [3.63, 3.8) is 0 Å². The van der Waals surface area contributed by atoms with Crippen LogP contribution >= 0.6 is 11.6 Å². The molecule has 0 aliphatic carbocycles. The smallest absolute Gasteiger partial charge is 0.117 e. The molecule has 2 aromatic rings. The number of rotatable bonds is 3. The van der Waals surface area contributed by atoms with Gasteiger partial charge in [-0.3, -0.25) is 0 Å². The molecule has 0 N–H and O–H groups in total. The second kappa shape index (κ2) is 6.15. The summed E-state index contributed by atoms with van der Waals surface area (Å²) in [5, 5.41) is 2.92. The molecule has 0 saturated heterocycles. The molecule has 0 spiro atoms. The molecular weight excluding hydrogens is 280 g/mol. The summed E-state index contributed by atoms with van der Waals surface area (Å²) in [6.45, 7) is 10.9. The van der Waals surface area contributed by atoms with Crippen LogP contribution in [0.4, 0.5) is 0 Å². The zero-order chi connectivity index (χ0) is 14.9. The number of hydrogen-bond donors (Lipinski definition) is 0. The van der Waals surface area contributed by atoms with Gasteiger partial charge in [-0.05, 0) is 51.3 Å². The molecule has 0 aromatic heterocycles. The molecule has 2 heteroatoms. The minimum Gasteiger partial charge on any atom is -0.130 e. The molecule has 2 aromatic carbocycles. The van der Waals surface area contributed by atoms with Gasteiger partial charge in [-0.25, -0.2) is 0 Å². The molecule has 0 radical (unpaired) electrons. The Morgan fingerprint density at radius 3 is 1.65 bits per heavy atom. The predicted molar refractivity (Wildman–Crippen MR) is 93.7 cm³/mol. The first-order valence-corrected chi connectivity index (χ1v) is 9.65. The maximum atomic E-state index is 6.35. The molecule has 106 valence electrons. The van der Waals surface area contributed by atoms with E-state index in [4.69, 9.17) is 11.6 Å². The summed E-state index contributed by atoms with van der Waals surface area (Å²) in [5.41, 5.74) is 7.59. The van der Waals surface area contributed by atoms with Gasteiger partial charge in [0, 0.05) is 5.50 Å². The van der Waals surface area contributed by atoms with Crippen LogP contribution in [0.2, 0.25) is 0 Å². The van der Waals surface area contributed by atoms with Crippen LogP contribution in [0, 0.1) is 34.6 Å². The highest BCUT2D eigenvalue weighted by Crippen LogP contribution is 2.11. The summed E-state index contributed by atoms with van der Waals surface area (Å²) in [5.74, 6) is 0. The van der Waals surface area contributed by atoms with Crippen LogP contribution in [0.3, 0.4) is 0 Å². The van der Waals surface area contributed by atoms with Gasteiger partial charge < -0.3 is 0 Å². The fourth-order valence-corrected chi connectivity index (χ4v) is 6.49. The molecule has 20 heavy (non-hydrogen) atoms. The number of benzene rings is 2. The Kier molecular flexibility index (Phi) is 4.72. The van der Waals surface area contributed by atoms with Crippen molar-refractivity contribution in [1.82, 2.24) is 0 Å². The molecule has 0 fully saturated rings. The van der Waals surface area contributed by atoms with E-state index < -0.39 is 8.80 Å². The minimum atomic E-state index is -1.30. The van der Waals surface area contributed by atoms with Gasteiger partial charge in [-0.2, -0.15) is 0 Å². The van der Waals surface area contributed by atoms with Crippen molar-refractivity contribution in [3.8, 4) is 0 Å². The summed E-state index contributed by atoms with van der Waals surface area (Å²) in [4.78, 5) is 0. The lowest BCUT2D eigenvalue weighted by atomic mass is 10.1. The van der Waals surface area contributed by atoms with Crippen LogP contribution in [0.1, 0.15) is 27.8 Å². The molecule has 0 bridgehead atoms. The van der Waals surface area contributed by atoms with Crippen molar-refractivity contribution in [2.45, 2.75) is 34.6 Å². The molecule has 0 saturated carbocycles. The van der Waals surface area contributed by atoms with Gasteiger partial charge in [0.15, 0.2) is 0 Å². The number of halogens is 1. The summed E-state index contributed by atoms with van der Waals surface area (Å²) < 4.78 is 0. The highest BCUT2D eigenvalue weighted by atomic mass is 35.5. The van der Waals surface area contributed by atoms with Gasteiger partial charge in [0.25, 0.3) is 0 Å². The van der Waals surface area contributed by atoms with Crippen LogP contribution in [0.15, 0.2) is 30.3 Å². The van der Waals surface area contributed by atoms with Crippen molar-refractivity contribution in [1.29, 1.82) is 0 Å². The zero-order valence-corrected chi connectivity index (χ0v) is 15.0. The van der Waals surface area contributed by atoms with E-state index in [9.17, 15) is 0 Å². The Morgan fingerprint density at radius 2 is 1.20 bits per heavy atom. The third-order valence-electron chi connectivity index (χ3n) is 4.15. The second-order valence-corrected chi connectivity index (χ2v) is 9.58. The molecule has 1 unspecified atom stereocenters. The van der Waals surface area contributed by atoms with Gasteiger partial charge in [-0.1, -0.05) is 51.8 Å². The van der Waals surface area contributed by atoms with Crippen LogP contribution in [-0.4, -0.2) is 14.3 Å². The largest absolute Gasteiger partial charge is 0.130 e. The second-order valence-electron chi connectivity index (χ2n) is 5.91. The van der Waals surface area contributed by atoms with Crippen molar-refractivity contribution < 1.29 is 0 Å². The van der Waals surface area contributed by atoms with E-state index in [-0.39, 0.29) is 0 Å². The fraction of sp³-hybridized carbons (Fsp3) is 0.333. The van der Waals surface area contributed by atoms with E-state index in [0.29, 0.717) is 0 Å². The van der Waals surface area contributed by atoms with E-state index >= 15 is 0 Å². The Hall–Kier alpha value is -1.05. The van der Waals surface area contributed by atoms with E-state index in [1.165, 1.54) is 38.2 Å². The maximum Gasteiger partial charge on any atom is 0.117 e. The molecule has 0 aliphatic heterocycles. The Morgan fingerprint density at radius 1 is 0.750 bits per heavy atom. The number of alkyl halides is 1. The SMILES string of the molecule is Cc1cc(C)cc([SiH](CCl)c2cc(C)c(C)c(C)c2)c1. The molecule has 0 amide bonds. The topological polar surface area (TPSA) is 0 Å². The van der Waals surface area contributed by atoms with E-state index in [1.807, 2.05) is 0 Å². The molecule has 1 atom stereocenters. The molecular formula is C18H23ClSi. The minimum absolute atomic E-state index is 0.755. The number of hydrogen-bond acceptors (Lipinski definition) is 0. The normalized spacial score (nSPS) is 12.5. The van der Waals surface area contributed by atoms with E-state index in [2.05, 4.69) is 65.0 Å². The lowest BCUT2D eigenvalue weighted by Crippen LogP contribution is -2.44. The van der Waals surface area contributed by atoms with Crippen LogP contribution in [0.5, 0.6) is 0 Å². The third kappa shape index (κ3) is 3.16. The third-order valence-corrected chi connectivity index (χ3v) is 7.66. The summed E-state index contributed by atoms with van der Waals surface area (Å²) in [7, 11) is -1.30. The van der Waals surface area contributed by atoms with Crippen molar-refractivity contribution in [2.24, 2.45) is 0 Å². The van der Waals surface area contributed by atoms with Crippen LogP contribution < -0.4 is 10.4 Å².